The lowest BCUT2D eigenvalue weighted by atomic mass is 10.1. The Morgan fingerprint density at radius 2 is 1.79 bits per heavy atom. The van der Waals surface area contributed by atoms with Crippen molar-refractivity contribution in [1.29, 1.82) is 0 Å². The van der Waals surface area contributed by atoms with Crippen LogP contribution in [-0.2, 0) is 0 Å². The number of hydrogen-bond donors (Lipinski definition) is 1. The van der Waals surface area contributed by atoms with Gasteiger partial charge in [0.2, 0.25) is 0 Å². The van der Waals surface area contributed by atoms with Gasteiger partial charge in [-0.2, -0.15) is 0 Å². The standard InChI is InChI=1S/C19H16N4O/c1-24-17-10-3-2-8-15(17)16-9-5-11-23-19(16)21-18(22-23)13-6-4-7-14(20)12-13/h2-12H,20H2,1H3. The highest BCUT2D eigenvalue weighted by Crippen LogP contribution is 2.32. The number of anilines is 1. The Bertz CT molecular complexity index is 1020. The first kappa shape index (κ1) is 14.3. The van der Waals surface area contributed by atoms with Crippen LogP contribution in [0.25, 0.3) is 28.2 Å². The number of nitrogens with two attached hydrogens (primary N) is 1. The number of aromatic nitrogens is 3. The van der Waals surface area contributed by atoms with Crippen molar-refractivity contribution in [1.82, 2.24) is 14.6 Å². The topological polar surface area (TPSA) is 65.4 Å². The van der Waals surface area contributed by atoms with Gasteiger partial charge in [0.1, 0.15) is 5.75 Å². The third kappa shape index (κ3) is 2.36. The molecule has 0 aliphatic carbocycles. The second kappa shape index (κ2) is 5.70. The molecule has 4 aromatic rings. The van der Waals surface area contributed by atoms with Crippen LogP contribution in [0.15, 0.2) is 66.9 Å². The van der Waals surface area contributed by atoms with Crippen LogP contribution in [0.2, 0.25) is 0 Å². The number of hydrogen-bond acceptors (Lipinski definition) is 4. The summed E-state index contributed by atoms with van der Waals surface area (Å²) in [6.07, 6.45) is 1.89. The molecule has 0 fully saturated rings. The molecule has 0 radical (unpaired) electrons. The van der Waals surface area contributed by atoms with Crippen molar-refractivity contribution in [3.63, 3.8) is 0 Å². The van der Waals surface area contributed by atoms with E-state index in [0.717, 1.165) is 28.1 Å². The molecule has 5 heteroatoms. The lowest BCUT2D eigenvalue weighted by Crippen LogP contribution is -1.92. The van der Waals surface area contributed by atoms with Gasteiger partial charge in [-0.25, -0.2) is 9.50 Å². The Hall–Kier alpha value is -3.34. The third-order valence-corrected chi connectivity index (χ3v) is 3.90. The van der Waals surface area contributed by atoms with Gasteiger partial charge in [-0.05, 0) is 30.3 Å². The second-order valence-corrected chi connectivity index (χ2v) is 5.45. The van der Waals surface area contributed by atoms with Gasteiger partial charge in [0.05, 0.1) is 7.11 Å². The Labute approximate surface area is 139 Å². The van der Waals surface area contributed by atoms with E-state index in [2.05, 4.69) is 5.10 Å². The predicted molar refractivity (Wildman–Crippen MR) is 94.8 cm³/mol. The summed E-state index contributed by atoms with van der Waals surface area (Å²) in [4.78, 5) is 4.72. The molecule has 2 N–H and O–H groups in total. The van der Waals surface area contributed by atoms with E-state index in [1.54, 1.807) is 11.6 Å². The van der Waals surface area contributed by atoms with Crippen molar-refractivity contribution in [2.75, 3.05) is 12.8 Å². The molecule has 0 amide bonds. The molecule has 5 nitrogen and oxygen atoms in total. The molecule has 0 unspecified atom stereocenters. The summed E-state index contributed by atoms with van der Waals surface area (Å²) in [5.41, 5.74) is 10.2. The molecule has 0 aliphatic rings. The summed E-state index contributed by atoms with van der Waals surface area (Å²) in [6, 6.07) is 19.4. The van der Waals surface area contributed by atoms with E-state index in [1.165, 1.54) is 0 Å². The maximum absolute atomic E-state index is 5.87. The highest BCUT2D eigenvalue weighted by atomic mass is 16.5. The molecule has 2 aromatic heterocycles. The van der Waals surface area contributed by atoms with Gasteiger partial charge in [-0.1, -0.05) is 30.3 Å². The van der Waals surface area contributed by atoms with Gasteiger partial charge >= 0.3 is 0 Å². The fourth-order valence-electron chi connectivity index (χ4n) is 2.78. The number of fused-ring (bicyclic) bond motifs is 1. The van der Waals surface area contributed by atoms with Gasteiger partial charge < -0.3 is 10.5 Å². The minimum atomic E-state index is 0.643. The molecular weight excluding hydrogens is 300 g/mol. The van der Waals surface area contributed by atoms with Crippen molar-refractivity contribution in [3.05, 3.63) is 66.9 Å². The van der Waals surface area contributed by atoms with Crippen LogP contribution >= 0.6 is 0 Å². The lowest BCUT2D eigenvalue weighted by Gasteiger charge is -2.08. The number of pyridine rings is 1. The summed E-state index contributed by atoms with van der Waals surface area (Å²) < 4.78 is 7.26. The van der Waals surface area contributed by atoms with E-state index in [9.17, 15) is 0 Å². The maximum atomic E-state index is 5.87. The molecule has 0 aliphatic heterocycles. The molecule has 0 spiro atoms. The Balaban J connectivity index is 1.92. The van der Waals surface area contributed by atoms with Gasteiger partial charge in [0, 0.05) is 28.6 Å². The lowest BCUT2D eigenvalue weighted by molar-refractivity contribution is 0.416. The molecule has 118 valence electrons. The number of para-hydroxylation sites is 1. The number of benzene rings is 2. The summed E-state index contributed by atoms with van der Waals surface area (Å²) in [6.45, 7) is 0. The van der Waals surface area contributed by atoms with Crippen molar-refractivity contribution >= 4 is 11.3 Å². The van der Waals surface area contributed by atoms with E-state index < -0.39 is 0 Å². The Kier molecular flexibility index (Phi) is 3.39. The van der Waals surface area contributed by atoms with E-state index in [1.807, 2.05) is 66.9 Å². The molecule has 4 rings (SSSR count). The summed E-state index contributed by atoms with van der Waals surface area (Å²) in [7, 11) is 1.67. The molecule has 2 aromatic carbocycles. The first-order chi connectivity index (χ1) is 11.8. The smallest absolute Gasteiger partial charge is 0.182 e. The predicted octanol–water partition coefficient (Wildman–Crippen LogP) is 3.65. The maximum Gasteiger partial charge on any atom is 0.182 e. The Morgan fingerprint density at radius 3 is 2.62 bits per heavy atom. The average Bonchev–Trinajstić information content (AvgIpc) is 3.06. The second-order valence-electron chi connectivity index (χ2n) is 5.45. The zero-order valence-electron chi connectivity index (χ0n) is 13.2. The first-order valence-corrected chi connectivity index (χ1v) is 7.61. The van der Waals surface area contributed by atoms with Crippen LogP contribution in [0, 0.1) is 0 Å². The van der Waals surface area contributed by atoms with Gasteiger partial charge in [-0.3, -0.25) is 0 Å². The van der Waals surface area contributed by atoms with Gasteiger partial charge in [0.25, 0.3) is 0 Å². The van der Waals surface area contributed by atoms with Gasteiger partial charge in [-0.15, -0.1) is 5.10 Å². The molecule has 24 heavy (non-hydrogen) atoms. The fraction of sp³-hybridized carbons (Fsp3) is 0.0526. The minimum absolute atomic E-state index is 0.643. The summed E-state index contributed by atoms with van der Waals surface area (Å²) in [5, 5.41) is 4.57. The van der Waals surface area contributed by atoms with E-state index in [-0.39, 0.29) is 0 Å². The van der Waals surface area contributed by atoms with Crippen LogP contribution in [0.4, 0.5) is 5.69 Å². The fourth-order valence-corrected chi connectivity index (χ4v) is 2.78. The van der Waals surface area contributed by atoms with Crippen LogP contribution in [0.3, 0.4) is 0 Å². The number of methoxy groups -OCH3 is 1. The molecule has 2 heterocycles. The number of nitrogens with zero attached hydrogens (tertiary/aromatic N) is 3. The van der Waals surface area contributed by atoms with Crippen LogP contribution in [0.1, 0.15) is 0 Å². The number of nitrogen functional groups attached to an aromatic ring is 1. The average molecular weight is 316 g/mol. The Morgan fingerprint density at radius 1 is 0.958 bits per heavy atom. The highest BCUT2D eigenvalue weighted by molar-refractivity contribution is 5.82. The zero-order valence-corrected chi connectivity index (χ0v) is 13.2. The number of ether oxygens (including phenoxy) is 1. The van der Waals surface area contributed by atoms with Crippen molar-refractivity contribution in [3.8, 4) is 28.3 Å². The van der Waals surface area contributed by atoms with Crippen molar-refractivity contribution in [2.45, 2.75) is 0 Å². The van der Waals surface area contributed by atoms with Crippen LogP contribution in [0.5, 0.6) is 5.75 Å². The highest BCUT2D eigenvalue weighted by Gasteiger charge is 2.13. The van der Waals surface area contributed by atoms with Gasteiger partial charge in [0.15, 0.2) is 11.5 Å². The monoisotopic (exact) mass is 316 g/mol. The molecular formula is C19H16N4O. The number of rotatable bonds is 3. The molecule has 0 saturated carbocycles. The van der Waals surface area contributed by atoms with Crippen molar-refractivity contribution in [2.24, 2.45) is 0 Å². The third-order valence-electron chi connectivity index (χ3n) is 3.90. The molecule has 0 atom stereocenters. The normalized spacial score (nSPS) is 10.9. The van der Waals surface area contributed by atoms with E-state index in [0.29, 0.717) is 11.5 Å². The summed E-state index contributed by atoms with van der Waals surface area (Å²) in [5.74, 6) is 1.45. The zero-order chi connectivity index (χ0) is 16.5. The quantitative estimate of drug-likeness (QED) is 0.586. The van der Waals surface area contributed by atoms with Crippen LogP contribution < -0.4 is 10.5 Å². The molecule has 0 bridgehead atoms. The van der Waals surface area contributed by atoms with E-state index >= 15 is 0 Å². The summed E-state index contributed by atoms with van der Waals surface area (Å²) >= 11 is 0. The SMILES string of the molecule is COc1ccccc1-c1cccn2nc(-c3cccc(N)c3)nc12. The van der Waals surface area contributed by atoms with E-state index in [4.69, 9.17) is 15.5 Å². The van der Waals surface area contributed by atoms with Crippen molar-refractivity contribution < 1.29 is 4.74 Å². The largest absolute Gasteiger partial charge is 0.496 e. The first-order valence-electron chi connectivity index (χ1n) is 7.61. The minimum Gasteiger partial charge on any atom is -0.496 e. The van der Waals surface area contributed by atoms with Crippen LogP contribution in [-0.4, -0.2) is 21.7 Å². The molecule has 0 saturated heterocycles.